The number of aromatic nitrogens is 2. The fraction of sp³-hybridized carbons (Fsp3) is 0.286. The molecule has 1 amide bonds. The number of thioether (sulfide) groups is 1. The molecule has 5 rings (SSSR count). The highest BCUT2D eigenvalue weighted by molar-refractivity contribution is 7.99. The lowest BCUT2D eigenvalue weighted by Gasteiger charge is -2.15. The standard InChI is InChI=1S/C28H27N3O4S2/c1-16-8-13-21(17(2)14-16)31-26(33)24-20-6-4-5-7-22(20)37-25(24)30-28(31)36-15-23(32)29-19-11-9-18(10-12-19)27(34)35-3/h8-14H,4-7,15H2,1-3H3,(H,29,32). The summed E-state index contributed by atoms with van der Waals surface area (Å²) in [6.07, 6.45) is 4.11. The van der Waals surface area contributed by atoms with Crippen LogP contribution in [0.5, 0.6) is 0 Å². The highest BCUT2D eigenvalue weighted by atomic mass is 32.2. The third-order valence-electron chi connectivity index (χ3n) is 6.47. The van der Waals surface area contributed by atoms with Gasteiger partial charge >= 0.3 is 5.97 Å². The topological polar surface area (TPSA) is 90.3 Å². The fourth-order valence-electron chi connectivity index (χ4n) is 4.69. The molecule has 0 fully saturated rings. The number of hydrogen-bond acceptors (Lipinski definition) is 7. The zero-order valence-electron chi connectivity index (χ0n) is 20.9. The van der Waals surface area contributed by atoms with Crippen LogP contribution in [0.2, 0.25) is 0 Å². The third kappa shape index (κ3) is 5.06. The van der Waals surface area contributed by atoms with Gasteiger partial charge in [0.2, 0.25) is 5.91 Å². The Balaban J connectivity index is 1.47. The Morgan fingerprint density at radius 1 is 1.11 bits per heavy atom. The monoisotopic (exact) mass is 533 g/mol. The first-order valence-electron chi connectivity index (χ1n) is 12.1. The van der Waals surface area contributed by atoms with E-state index in [1.807, 2.05) is 32.0 Å². The number of anilines is 1. The van der Waals surface area contributed by atoms with Crippen molar-refractivity contribution in [3.8, 4) is 5.69 Å². The van der Waals surface area contributed by atoms with E-state index in [0.29, 0.717) is 16.4 Å². The molecule has 0 bridgehead atoms. The minimum atomic E-state index is -0.436. The van der Waals surface area contributed by atoms with Crippen molar-refractivity contribution >= 4 is 50.9 Å². The van der Waals surface area contributed by atoms with Gasteiger partial charge < -0.3 is 10.1 Å². The fourth-order valence-corrected chi connectivity index (χ4v) is 6.79. The highest BCUT2D eigenvalue weighted by Crippen LogP contribution is 2.35. The van der Waals surface area contributed by atoms with Crippen molar-refractivity contribution in [2.75, 3.05) is 18.2 Å². The summed E-state index contributed by atoms with van der Waals surface area (Å²) in [6.45, 7) is 4.01. The van der Waals surface area contributed by atoms with Gasteiger partial charge in [-0.15, -0.1) is 11.3 Å². The Kier molecular flexibility index (Phi) is 7.17. The minimum absolute atomic E-state index is 0.0716. The number of aryl methyl sites for hydroxylation is 4. The summed E-state index contributed by atoms with van der Waals surface area (Å²) in [6, 6.07) is 12.5. The first kappa shape index (κ1) is 25.2. The molecule has 7 nitrogen and oxygen atoms in total. The lowest BCUT2D eigenvalue weighted by atomic mass is 9.97. The Morgan fingerprint density at radius 2 is 1.86 bits per heavy atom. The smallest absolute Gasteiger partial charge is 0.337 e. The Hall–Kier alpha value is -3.43. The number of rotatable bonds is 6. The summed E-state index contributed by atoms with van der Waals surface area (Å²) in [4.78, 5) is 45.3. The zero-order chi connectivity index (χ0) is 26.1. The maximum Gasteiger partial charge on any atom is 0.337 e. The first-order chi connectivity index (χ1) is 17.9. The third-order valence-corrected chi connectivity index (χ3v) is 8.60. The van der Waals surface area contributed by atoms with Gasteiger partial charge in [-0.3, -0.25) is 14.2 Å². The van der Waals surface area contributed by atoms with E-state index in [-0.39, 0.29) is 17.2 Å². The summed E-state index contributed by atoms with van der Waals surface area (Å²) in [5, 5.41) is 4.06. The Labute approximate surface area is 222 Å². The van der Waals surface area contributed by atoms with Gasteiger partial charge in [-0.25, -0.2) is 9.78 Å². The van der Waals surface area contributed by atoms with Crippen molar-refractivity contribution in [1.82, 2.24) is 9.55 Å². The highest BCUT2D eigenvalue weighted by Gasteiger charge is 2.24. The second kappa shape index (κ2) is 10.5. The summed E-state index contributed by atoms with van der Waals surface area (Å²) >= 11 is 2.85. The van der Waals surface area contributed by atoms with Crippen molar-refractivity contribution in [2.45, 2.75) is 44.7 Å². The summed E-state index contributed by atoms with van der Waals surface area (Å²) < 4.78 is 6.38. The van der Waals surface area contributed by atoms with E-state index in [4.69, 9.17) is 9.72 Å². The van der Waals surface area contributed by atoms with Crippen LogP contribution in [0.4, 0.5) is 5.69 Å². The van der Waals surface area contributed by atoms with Crippen LogP contribution in [-0.4, -0.2) is 34.3 Å². The number of ether oxygens (including phenoxy) is 1. The number of benzene rings is 2. The van der Waals surface area contributed by atoms with Gasteiger partial charge in [-0.05, 0) is 81.0 Å². The molecule has 0 radical (unpaired) electrons. The van der Waals surface area contributed by atoms with Crippen LogP contribution in [0, 0.1) is 13.8 Å². The van der Waals surface area contributed by atoms with Crippen LogP contribution in [0.15, 0.2) is 52.4 Å². The molecular weight excluding hydrogens is 506 g/mol. The van der Waals surface area contributed by atoms with Crippen molar-refractivity contribution in [3.05, 3.63) is 79.9 Å². The van der Waals surface area contributed by atoms with Gasteiger partial charge in [0.05, 0.1) is 29.5 Å². The molecule has 9 heteroatoms. The maximum absolute atomic E-state index is 13.9. The van der Waals surface area contributed by atoms with Crippen molar-refractivity contribution in [2.24, 2.45) is 0 Å². The summed E-state index contributed by atoms with van der Waals surface area (Å²) in [5.41, 5.74) is 4.92. The molecule has 2 aromatic heterocycles. The van der Waals surface area contributed by atoms with Crippen LogP contribution in [0.3, 0.4) is 0 Å². The van der Waals surface area contributed by atoms with Crippen LogP contribution in [0.25, 0.3) is 15.9 Å². The molecule has 0 aliphatic heterocycles. The van der Waals surface area contributed by atoms with E-state index >= 15 is 0 Å². The zero-order valence-corrected chi connectivity index (χ0v) is 22.6. The van der Waals surface area contributed by atoms with E-state index in [9.17, 15) is 14.4 Å². The molecule has 0 spiro atoms. The summed E-state index contributed by atoms with van der Waals surface area (Å²) in [5.74, 6) is -0.593. The minimum Gasteiger partial charge on any atom is -0.465 e. The predicted molar refractivity (Wildman–Crippen MR) is 148 cm³/mol. The molecule has 1 aliphatic rings. The number of hydrogen-bond donors (Lipinski definition) is 1. The normalized spacial score (nSPS) is 12.8. The van der Waals surface area contributed by atoms with Gasteiger partial charge in [0.15, 0.2) is 5.16 Å². The van der Waals surface area contributed by atoms with Gasteiger partial charge in [-0.2, -0.15) is 0 Å². The van der Waals surface area contributed by atoms with Crippen molar-refractivity contribution in [3.63, 3.8) is 0 Å². The number of methoxy groups -OCH3 is 1. The molecule has 4 aromatic rings. The largest absolute Gasteiger partial charge is 0.465 e. The lowest BCUT2D eigenvalue weighted by molar-refractivity contribution is -0.113. The Bertz CT molecular complexity index is 1570. The molecule has 1 aliphatic carbocycles. The van der Waals surface area contributed by atoms with Crippen molar-refractivity contribution in [1.29, 1.82) is 0 Å². The van der Waals surface area contributed by atoms with Crippen LogP contribution in [-0.2, 0) is 22.4 Å². The van der Waals surface area contributed by atoms with Gasteiger partial charge in [0.1, 0.15) is 4.83 Å². The number of esters is 1. The first-order valence-corrected chi connectivity index (χ1v) is 13.9. The second-order valence-corrected chi connectivity index (χ2v) is 11.1. The molecule has 0 atom stereocenters. The number of nitrogens with zero attached hydrogens (tertiary/aromatic N) is 2. The molecule has 1 N–H and O–H groups in total. The molecule has 2 aromatic carbocycles. The summed E-state index contributed by atoms with van der Waals surface area (Å²) in [7, 11) is 1.32. The molecular formula is C28H27N3O4S2. The van der Waals surface area contributed by atoms with Gasteiger partial charge in [0.25, 0.3) is 5.56 Å². The Morgan fingerprint density at radius 3 is 2.59 bits per heavy atom. The number of carbonyl (C=O) groups excluding carboxylic acids is 2. The molecule has 0 saturated heterocycles. The predicted octanol–water partition coefficient (Wildman–Crippen LogP) is 5.46. The second-order valence-electron chi connectivity index (χ2n) is 9.12. The van der Waals surface area contributed by atoms with E-state index in [0.717, 1.165) is 58.3 Å². The number of fused-ring (bicyclic) bond motifs is 3. The van der Waals surface area contributed by atoms with Gasteiger partial charge in [-0.1, -0.05) is 29.5 Å². The SMILES string of the molecule is COC(=O)c1ccc(NC(=O)CSc2nc3sc4c(c3c(=O)n2-c2ccc(C)cc2C)CCCC4)cc1. The van der Waals surface area contributed by atoms with Crippen LogP contribution in [0.1, 0.15) is 44.8 Å². The van der Waals surface area contributed by atoms with Crippen LogP contribution < -0.4 is 10.9 Å². The van der Waals surface area contributed by atoms with Crippen LogP contribution >= 0.6 is 23.1 Å². The lowest BCUT2D eigenvalue weighted by Crippen LogP contribution is -2.24. The van der Waals surface area contributed by atoms with Gasteiger partial charge in [0, 0.05) is 10.6 Å². The van der Waals surface area contributed by atoms with E-state index in [1.54, 1.807) is 40.2 Å². The van der Waals surface area contributed by atoms with E-state index in [2.05, 4.69) is 5.32 Å². The van der Waals surface area contributed by atoms with E-state index < -0.39 is 5.97 Å². The average molecular weight is 534 g/mol. The van der Waals surface area contributed by atoms with E-state index in [1.165, 1.54) is 23.7 Å². The number of carbonyl (C=O) groups is 2. The molecule has 0 unspecified atom stereocenters. The maximum atomic E-state index is 13.9. The number of nitrogens with one attached hydrogen (secondary N) is 1. The molecule has 190 valence electrons. The number of amides is 1. The molecule has 0 saturated carbocycles. The molecule has 2 heterocycles. The van der Waals surface area contributed by atoms with Crippen molar-refractivity contribution < 1.29 is 14.3 Å². The average Bonchev–Trinajstić information content (AvgIpc) is 3.27. The number of thiophene rings is 1. The quantitative estimate of drug-likeness (QED) is 0.201. The molecule has 37 heavy (non-hydrogen) atoms.